The lowest BCUT2D eigenvalue weighted by Crippen LogP contribution is -2.27. The first kappa shape index (κ1) is 8.99. The van der Waals surface area contributed by atoms with Crippen molar-refractivity contribution in [1.82, 2.24) is 0 Å². The molecule has 0 bridgehead atoms. The molecule has 0 spiro atoms. The van der Waals surface area contributed by atoms with Crippen molar-refractivity contribution in [3.05, 3.63) is 34.4 Å². The van der Waals surface area contributed by atoms with Crippen LogP contribution in [0.3, 0.4) is 0 Å². The van der Waals surface area contributed by atoms with Crippen molar-refractivity contribution >= 4 is 11.4 Å². The van der Waals surface area contributed by atoms with Crippen LogP contribution in [0.5, 0.6) is 0 Å². The summed E-state index contributed by atoms with van der Waals surface area (Å²) in [4.78, 5) is 10.3. The molecule has 0 radical (unpaired) electrons. The Kier molecular flexibility index (Phi) is 2.35. The molecule has 1 aromatic rings. The third kappa shape index (κ3) is 1.69. The summed E-state index contributed by atoms with van der Waals surface area (Å²) in [6.07, 6.45) is 3.45. The van der Waals surface area contributed by atoms with Crippen LogP contribution in [0.1, 0.15) is 19.3 Å². The van der Waals surface area contributed by atoms with Gasteiger partial charge in [-0.1, -0.05) is 12.1 Å². The molecule has 0 amide bonds. The number of hydrogen-bond acceptors (Lipinski definition) is 3. The summed E-state index contributed by atoms with van der Waals surface area (Å²) in [5.74, 6) is 0. The predicted octanol–water partition coefficient (Wildman–Crippen LogP) is 2.56. The van der Waals surface area contributed by atoms with E-state index in [2.05, 4.69) is 5.32 Å². The van der Waals surface area contributed by atoms with Gasteiger partial charge in [0.05, 0.1) is 4.92 Å². The Balaban J connectivity index is 2.17. The summed E-state index contributed by atoms with van der Waals surface area (Å²) >= 11 is 0. The highest BCUT2D eigenvalue weighted by Crippen LogP contribution is 2.28. The minimum absolute atomic E-state index is 0.166. The van der Waals surface area contributed by atoms with Crippen molar-refractivity contribution in [1.29, 1.82) is 0 Å². The smallest absolute Gasteiger partial charge is 0.292 e. The third-order valence-electron chi connectivity index (χ3n) is 2.57. The van der Waals surface area contributed by atoms with Gasteiger partial charge in [-0.15, -0.1) is 0 Å². The molecule has 74 valence electrons. The summed E-state index contributed by atoms with van der Waals surface area (Å²) in [7, 11) is 0. The molecule has 0 atom stereocenters. The zero-order valence-corrected chi connectivity index (χ0v) is 7.77. The number of rotatable bonds is 3. The summed E-state index contributed by atoms with van der Waals surface area (Å²) in [5, 5.41) is 13.9. The van der Waals surface area contributed by atoms with Crippen molar-refractivity contribution < 1.29 is 4.92 Å². The molecule has 0 aromatic heterocycles. The van der Waals surface area contributed by atoms with Crippen molar-refractivity contribution in [3.63, 3.8) is 0 Å². The molecule has 14 heavy (non-hydrogen) atoms. The highest BCUT2D eigenvalue weighted by atomic mass is 16.6. The Morgan fingerprint density at radius 3 is 2.64 bits per heavy atom. The van der Waals surface area contributed by atoms with Crippen LogP contribution in [-0.2, 0) is 0 Å². The van der Waals surface area contributed by atoms with Gasteiger partial charge >= 0.3 is 0 Å². The van der Waals surface area contributed by atoms with Gasteiger partial charge in [0.1, 0.15) is 5.69 Å². The number of benzene rings is 1. The minimum Gasteiger partial charge on any atom is -0.377 e. The highest BCUT2D eigenvalue weighted by Gasteiger charge is 2.20. The standard InChI is InChI=1S/C10H12N2O2/c13-12(14)10-7-2-1-6-9(10)11-8-4-3-5-8/h1-2,6-8,11H,3-5H2. The van der Waals surface area contributed by atoms with E-state index >= 15 is 0 Å². The second kappa shape index (κ2) is 3.65. The topological polar surface area (TPSA) is 55.2 Å². The average molecular weight is 192 g/mol. The zero-order chi connectivity index (χ0) is 9.97. The number of nitrogens with one attached hydrogen (secondary N) is 1. The van der Waals surface area contributed by atoms with Gasteiger partial charge in [-0.2, -0.15) is 0 Å². The Bertz CT molecular complexity index is 348. The van der Waals surface area contributed by atoms with Crippen molar-refractivity contribution in [2.24, 2.45) is 0 Å². The zero-order valence-electron chi connectivity index (χ0n) is 7.77. The lowest BCUT2D eigenvalue weighted by Gasteiger charge is -2.27. The van der Waals surface area contributed by atoms with Gasteiger partial charge in [-0.25, -0.2) is 0 Å². The molecule has 4 heteroatoms. The maximum absolute atomic E-state index is 10.7. The highest BCUT2D eigenvalue weighted by molar-refractivity contribution is 5.61. The molecule has 1 aliphatic carbocycles. The first-order chi connectivity index (χ1) is 6.77. The lowest BCUT2D eigenvalue weighted by molar-refractivity contribution is -0.384. The van der Waals surface area contributed by atoms with Crippen LogP contribution in [0, 0.1) is 10.1 Å². The Morgan fingerprint density at radius 2 is 2.07 bits per heavy atom. The molecule has 1 N–H and O–H groups in total. The predicted molar refractivity (Wildman–Crippen MR) is 54.4 cm³/mol. The maximum Gasteiger partial charge on any atom is 0.292 e. The van der Waals surface area contributed by atoms with Crippen LogP contribution in [0.25, 0.3) is 0 Å². The van der Waals surface area contributed by atoms with Gasteiger partial charge < -0.3 is 5.32 Å². The van der Waals surface area contributed by atoms with E-state index in [4.69, 9.17) is 0 Å². The Morgan fingerprint density at radius 1 is 1.36 bits per heavy atom. The number of hydrogen-bond donors (Lipinski definition) is 1. The average Bonchev–Trinajstić information content (AvgIpc) is 2.12. The summed E-state index contributed by atoms with van der Waals surface area (Å²) < 4.78 is 0. The van der Waals surface area contributed by atoms with E-state index in [0.29, 0.717) is 11.7 Å². The molecule has 4 nitrogen and oxygen atoms in total. The molecular weight excluding hydrogens is 180 g/mol. The lowest BCUT2D eigenvalue weighted by atomic mass is 9.93. The van der Waals surface area contributed by atoms with E-state index < -0.39 is 0 Å². The van der Waals surface area contributed by atoms with Crippen LogP contribution < -0.4 is 5.32 Å². The van der Waals surface area contributed by atoms with Crippen LogP contribution in [0.15, 0.2) is 24.3 Å². The van der Waals surface area contributed by atoms with E-state index in [-0.39, 0.29) is 10.6 Å². The molecule has 0 unspecified atom stereocenters. The monoisotopic (exact) mass is 192 g/mol. The summed E-state index contributed by atoms with van der Waals surface area (Å²) in [6.45, 7) is 0. The maximum atomic E-state index is 10.7. The number of anilines is 1. The fourth-order valence-corrected chi connectivity index (χ4v) is 1.53. The molecule has 0 heterocycles. The minimum atomic E-state index is -0.346. The molecule has 0 saturated heterocycles. The van der Waals surface area contributed by atoms with Gasteiger partial charge in [0.2, 0.25) is 0 Å². The third-order valence-corrected chi connectivity index (χ3v) is 2.57. The number of nitrogens with zero attached hydrogens (tertiary/aromatic N) is 1. The van der Waals surface area contributed by atoms with Gasteiger partial charge in [-0.05, 0) is 25.3 Å². The van der Waals surface area contributed by atoms with E-state index in [1.54, 1.807) is 12.1 Å². The van der Waals surface area contributed by atoms with Crippen molar-refractivity contribution in [3.8, 4) is 0 Å². The van der Waals surface area contributed by atoms with E-state index in [9.17, 15) is 10.1 Å². The second-order valence-electron chi connectivity index (χ2n) is 3.55. The van der Waals surface area contributed by atoms with Crippen LogP contribution >= 0.6 is 0 Å². The van der Waals surface area contributed by atoms with E-state index in [1.807, 2.05) is 6.07 Å². The van der Waals surface area contributed by atoms with Crippen molar-refractivity contribution in [2.45, 2.75) is 25.3 Å². The quantitative estimate of drug-likeness (QED) is 0.591. The first-order valence-corrected chi connectivity index (χ1v) is 4.77. The Labute approximate surface area is 82.1 Å². The molecule has 1 saturated carbocycles. The van der Waals surface area contributed by atoms with Gasteiger partial charge in [0.15, 0.2) is 0 Å². The summed E-state index contributed by atoms with van der Waals surface area (Å²) in [6, 6.07) is 7.21. The molecule has 2 rings (SSSR count). The van der Waals surface area contributed by atoms with Gasteiger partial charge in [0.25, 0.3) is 5.69 Å². The van der Waals surface area contributed by atoms with Gasteiger partial charge in [-0.3, -0.25) is 10.1 Å². The number of nitro groups is 1. The van der Waals surface area contributed by atoms with Gasteiger partial charge in [0, 0.05) is 12.1 Å². The number of para-hydroxylation sites is 2. The second-order valence-corrected chi connectivity index (χ2v) is 3.55. The molecule has 1 aromatic carbocycles. The van der Waals surface area contributed by atoms with Crippen molar-refractivity contribution in [2.75, 3.05) is 5.32 Å². The largest absolute Gasteiger partial charge is 0.377 e. The first-order valence-electron chi connectivity index (χ1n) is 4.77. The van der Waals surface area contributed by atoms with Crippen LogP contribution in [0.4, 0.5) is 11.4 Å². The van der Waals surface area contributed by atoms with Crippen LogP contribution in [0.2, 0.25) is 0 Å². The van der Waals surface area contributed by atoms with E-state index in [1.165, 1.54) is 12.5 Å². The fraction of sp³-hybridized carbons (Fsp3) is 0.400. The molecule has 1 fully saturated rings. The normalized spacial score (nSPS) is 16.0. The SMILES string of the molecule is O=[N+]([O-])c1ccccc1NC1CCC1. The fourth-order valence-electron chi connectivity index (χ4n) is 1.53. The summed E-state index contributed by atoms with van der Waals surface area (Å²) in [5.41, 5.74) is 0.807. The molecule has 0 aliphatic heterocycles. The molecule has 1 aliphatic rings. The van der Waals surface area contributed by atoms with Crippen LogP contribution in [-0.4, -0.2) is 11.0 Å². The number of nitro benzene ring substituents is 1. The van der Waals surface area contributed by atoms with E-state index in [0.717, 1.165) is 12.8 Å². The molecular formula is C10H12N2O2. The Hall–Kier alpha value is -1.58.